The third-order valence-electron chi connectivity index (χ3n) is 2.99. The van der Waals surface area contributed by atoms with E-state index < -0.39 is 0 Å². The Morgan fingerprint density at radius 3 is 2.65 bits per heavy atom. The Morgan fingerprint density at radius 2 is 2.06 bits per heavy atom. The second-order valence-corrected chi connectivity index (χ2v) is 4.60. The van der Waals surface area contributed by atoms with E-state index in [9.17, 15) is 0 Å². The Kier molecular flexibility index (Phi) is 3.38. The van der Waals surface area contributed by atoms with Crippen LogP contribution < -0.4 is 5.32 Å². The summed E-state index contributed by atoms with van der Waals surface area (Å²) in [6.07, 6.45) is 1.67. The van der Waals surface area contributed by atoms with Crippen molar-refractivity contribution < 1.29 is 0 Å². The van der Waals surface area contributed by atoms with Gasteiger partial charge < -0.3 is 9.88 Å². The lowest BCUT2D eigenvalue weighted by Crippen LogP contribution is -2.06. The summed E-state index contributed by atoms with van der Waals surface area (Å²) in [6, 6.07) is 6.33. The second kappa shape index (κ2) is 4.80. The Morgan fingerprint density at radius 1 is 1.29 bits per heavy atom. The van der Waals surface area contributed by atoms with Crippen molar-refractivity contribution in [1.82, 2.24) is 9.55 Å². The zero-order chi connectivity index (χ0) is 12.4. The minimum atomic E-state index is 0.655. The van der Waals surface area contributed by atoms with Crippen LogP contribution in [0.5, 0.6) is 0 Å². The quantitative estimate of drug-likeness (QED) is 0.905. The molecule has 2 aromatic rings. The van der Waals surface area contributed by atoms with Gasteiger partial charge in [0.25, 0.3) is 0 Å². The molecule has 0 spiro atoms. The third-order valence-corrected chi connectivity index (χ3v) is 3.34. The number of aromatic nitrogens is 2. The third kappa shape index (κ3) is 2.61. The average molecular weight is 250 g/mol. The van der Waals surface area contributed by atoms with E-state index in [0.29, 0.717) is 11.7 Å². The standard InChI is InChI=1S/C13H16ClN3/c1-9-4-5-11(6-10(9)2)15-8-13-16-7-12(14)17(13)3/h4-7,15H,8H2,1-3H3. The molecule has 0 fully saturated rings. The first kappa shape index (κ1) is 12.0. The molecule has 17 heavy (non-hydrogen) atoms. The van der Waals surface area contributed by atoms with Crippen LogP contribution in [0.4, 0.5) is 5.69 Å². The van der Waals surface area contributed by atoms with E-state index in [0.717, 1.165) is 11.5 Å². The van der Waals surface area contributed by atoms with Crippen molar-refractivity contribution in [3.8, 4) is 0 Å². The van der Waals surface area contributed by atoms with Crippen LogP contribution >= 0.6 is 11.6 Å². The van der Waals surface area contributed by atoms with Gasteiger partial charge in [-0.15, -0.1) is 0 Å². The maximum absolute atomic E-state index is 5.93. The zero-order valence-corrected chi connectivity index (χ0v) is 11.0. The minimum Gasteiger partial charge on any atom is -0.378 e. The number of nitrogens with one attached hydrogen (secondary N) is 1. The molecule has 0 atom stereocenters. The molecule has 2 rings (SSSR count). The summed E-state index contributed by atoms with van der Waals surface area (Å²) in [5, 5.41) is 4.00. The van der Waals surface area contributed by atoms with E-state index >= 15 is 0 Å². The van der Waals surface area contributed by atoms with Crippen molar-refractivity contribution >= 4 is 17.3 Å². The van der Waals surface area contributed by atoms with Gasteiger partial charge in [0.2, 0.25) is 0 Å². The lowest BCUT2D eigenvalue weighted by atomic mass is 10.1. The molecule has 0 aliphatic carbocycles. The van der Waals surface area contributed by atoms with Gasteiger partial charge in [-0.3, -0.25) is 0 Å². The molecule has 1 heterocycles. The molecule has 0 aliphatic rings. The molecule has 0 radical (unpaired) electrons. The predicted octanol–water partition coefficient (Wildman–Crippen LogP) is 3.30. The van der Waals surface area contributed by atoms with Gasteiger partial charge in [0.1, 0.15) is 11.0 Å². The van der Waals surface area contributed by atoms with Crippen LogP contribution in [0.15, 0.2) is 24.4 Å². The lowest BCUT2D eigenvalue weighted by molar-refractivity contribution is 0.813. The van der Waals surface area contributed by atoms with Gasteiger partial charge in [-0.2, -0.15) is 0 Å². The fourth-order valence-corrected chi connectivity index (χ4v) is 1.77. The second-order valence-electron chi connectivity index (χ2n) is 4.21. The molecule has 4 heteroatoms. The lowest BCUT2D eigenvalue weighted by Gasteiger charge is -2.08. The van der Waals surface area contributed by atoms with Crippen LogP contribution in [-0.4, -0.2) is 9.55 Å². The van der Waals surface area contributed by atoms with Gasteiger partial charge >= 0.3 is 0 Å². The largest absolute Gasteiger partial charge is 0.378 e. The Labute approximate surface area is 106 Å². The predicted molar refractivity (Wildman–Crippen MR) is 71.5 cm³/mol. The summed E-state index contributed by atoms with van der Waals surface area (Å²) in [7, 11) is 1.91. The summed E-state index contributed by atoms with van der Waals surface area (Å²) >= 11 is 5.93. The fourth-order valence-electron chi connectivity index (χ4n) is 1.62. The number of halogens is 1. The Hall–Kier alpha value is -1.48. The highest BCUT2D eigenvalue weighted by molar-refractivity contribution is 6.29. The van der Waals surface area contributed by atoms with E-state index in [1.807, 2.05) is 11.6 Å². The van der Waals surface area contributed by atoms with Crippen molar-refractivity contribution in [3.63, 3.8) is 0 Å². The first-order valence-electron chi connectivity index (χ1n) is 5.55. The maximum atomic E-state index is 5.93. The minimum absolute atomic E-state index is 0.655. The smallest absolute Gasteiger partial charge is 0.128 e. The van der Waals surface area contributed by atoms with Crippen molar-refractivity contribution in [3.05, 3.63) is 46.5 Å². The fraction of sp³-hybridized carbons (Fsp3) is 0.308. The summed E-state index contributed by atoms with van der Waals surface area (Å²) in [6.45, 7) is 4.89. The van der Waals surface area contributed by atoms with Crippen molar-refractivity contribution in [2.75, 3.05) is 5.32 Å². The molecule has 0 aliphatic heterocycles. The molecular weight excluding hydrogens is 234 g/mol. The van der Waals surface area contributed by atoms with Gasteiger partial charge in [-0.1, -0.05) is 17.7 Å². The van der Waals surface area contributed by atoms with Gasteiger partial charge in [-0.25, -0.2) is 4.98 Å². The summed E-state index contributed by atoms with van der Waals surface area (Å²) in [5.74, 6) is 0.924. The monoisotopic (exact) mass is 249 g/mol. The van der Waals surface area contributed by atoms with E-state index in [-0.39, 0.29) is 0 Å². The summed E-state index contributed by atoms with van der Waals surface area (Å²) in [4.78, 5) is 4.24. The van der Waals surface area contributed by atoms with E-state index in [4.69, 9.17) is 11.6 Å². The van der Waals surface area contributed by atoms with Gasteiger partial charge in [0, 0.05) is 12.7 Å². The number of aryl methyl sites for hydroxylation is 2. The molecule has 0 amide bonds. The van der Waals surface area contributed by atoms with Crippen molar-refractivity contribution in [2.24, 2.45) is 7.05 Å². The number of rotatable bonds is 3. The number of imidazole rings is 1. The first-order chi connectivity index (χ1) is 8.08. The normalized spacial score (nSPS) is 10.6. The zero-order valence-electron chi connectivity index (χ0n) is 10.3. The first-order valence-corrected chi connectivity index (χ1v) is 5.93. The van der Waals surface area contributed by atoms with Crippen molar-refractivity contribution in [1.29, 1.82) is 0 Å². The molecule has 1 aromatic carbocycles. The average Bonchev–Trinajstić information content (AvgIpc) is 2.62. The maximum Gasteiger partial charge on any atom is 0.128 e. The highest BCUT2D eigenvalue weighted by atomic mass is 35.5. The van der Waals surface area contributed by atoms with Crippen LogP contribution in [0.25, 0.3) is 0 Å². The Balaban J connectivity index is 2.07. The number of hydrogen-bond acceptors (Lipinski definition) is 2. The molecule has 90 valence electrons. The molecule has 3 nitrogen and oxygen atoms in total. The molecule has 0 saturated heterocycles. The summed E-state index contributed by atoms with van der Waals surface area (Å²) < 4.78 is 1.87. The number of anilines is 1. The van der Waals surface area contributed by atoms with E-state index in [1.165, 1.54) is 11.1 Å². The molecular formula is C13H16ClN3. The van der Waals surface area contributed by atoms with E-state index in [1.54, 1.807) is 6.20 Å². The van der Waals surface area contributed by atoms with Crippen LogP contribution in [0.1, 0.15) is 17.0 Å². The van der Waals surface area contributed by atoms with Gasteiger partial charge in [0.15, 0.2) is 0 Å². The van der Waals surface area contributed by atoms with Crippen molar-refractivity contribution in [2.45, 2.75) is 20.4 Å². The molecule has 0 unspecified atom stereocenters. The number of nitrogens with zero attached hydrogens (tertiary/aromatic N) is 2. The topological polar surface area (TPSA) is 29.9 Å². The van der Waals surface area contributed by atoms with Crippen LogP contribution in [-0.2, 0) is 13.6 Å². The van der Waals surface area contributed by atoms with Crippen LogP contribution in [0.3, 0.4) is 0 Å². The van der Waals surface area contributed by atoms with Gasteiger partial charge in [0.05, 0.1) is 12.7 Å². The highest BCUT2D eigenvalue weighted by Crippen LogP contribution is 2.15. The van der Waals surface area contributed by atoms with Crippen LogP contribution in [0.2, 0.25) is 5.15 Å². The number of hydrogen-bond donors (Lipinski definition) is 1. The van der Waals surface area contributed by atoms with Crippen LogP contribution in [0, 0.1) is 13.8 Å². The molecule has 1 N–H and O–H groups in total. The SMILES string of the molecule is Cc1ccc(NCc2ncc(Cl)n2C)cc1C. The highest BCUT2D eigenvalue weighted by Gasteiger charge is 2.04. The number of benzene rings is 1. The van der Waals surface area contributed by atoms with Gasteiger partial charge in [-0.05, 0) is 37.1 Å². The van der Waals surface area contributed by atoms with E-state index in [2.05, 4.69) is 42.3 Å². The summed E-state index contributed by atoms with van der Waals surface area (Å²) in [5.41, 5.74) is 3.69. The molecule has 1 aromatic heterocycles. The molecule has 0 saturated carbocycles. The molecule has 0 bridgehead atoms. The Bertz CT molecular complexity index is 531.